The average molecular weight is 199 g/mol. The quantitative estimate of drug-likeness (QED) is 0.764. The van der Waals surface area contributed by atoms with Gasteiger partial charge in [-0.2, -0.15) is 0 Å². The number of hydrogen-bond acceptors (Lipinski definition) is 3. The van der Waals surface area contributed by atoms with Crippen molar-refractivity contribution in [3.8, 4) is 0 Å². The van der Waals surface area contributed by atoms with E-state index in [1.165, 1.54) is 11.8 Å². The predicted molar refractivity (Wildman–Crippen MR) is 52.6 cm³/mol. The van der Waals surface area contributed by atoms with Crippen LogP contribution in [0, 0.1) is 6.92 Å². The number of amides is 1. The Morgan fingerprint density at radius 1 is 1.69 bits per heavy atom. The normalized spacial score (nSPS) is 12.5. The SMILES string of the molecule is Cc1ccc(CNC(=O)[C@@H](C)O)s1. The maximum absolute atomic E-state index is 11.0. The second-order valence-electron chi connectivity index (χ2n) is 2.91. The van der Waals surface area contributed by atoms with Crippen LogP contribution in [0.1, 0.15) is 16.7 Å². The molecule has 1 aromatic rings. The van der Waals surface area contributed by atoms with Gasteiger partial charge < -0.3 is 10.4 Å². The molecule has 0 saturated heterocycles. The Morgan fingerprint density at radius 2 is 2.38 bits per heavy atom. The third-order valence-electron chi connectivity index (χ3n) is 1.61. The first-order valence-electron chi connectivity index (χ1n) is 4.10. The molecule has 0 aliphatic heterocycles. The van der Waals surface area contributed by atoms with Crippen molar-refractivity contribution >= 4 is 17.2 Å². The predicted octanol–water partition coefficient (Wildman–Crippen LogP) is 1.05. The molecule has 1 atom stereocenters. The molecule has 0 aliphatic rings. The number of carbonyl (C=O) groups excluding carboxylic acids is 1. The van der Waals surface area contributed by atoms with E-state index in [0.717, 1.165) is 4.88 Å². The summed E-state index contributed by atoms with van der Waals surface area (Å²) < 4.78 is 0. The number of aliphatic hydroxyl groups excluding tert-OH is 1. The fourth-order valence-corrected chi connectivity index (χ4v) is 1.73. The summed E-state index contributed by atoms with van der Waals surface area (Å²) in [7, 11) is 0. The highest BCUT2D eigenvalue weighted by atomic mass is 32.1. The summed E-state index contributed by atoms with van der Waals surface area (Å²) in [6, 6.07) is 3.98. The van der Waals surface area contributed by atoms with Gasteiger partial charge in [0.05, 0.1) is 6.54 Å². The van der Waals surface area contributed by atoms with E-state index in [4.69, 9.17) is 5.11 Å². The first-order chi connectivity index (χ1) is 6.09. The van der Waals surface area contributed by atoms with Crippen LogP contribution in [0.4, 0.5) is 0 Å². The van der Waals surface area contributed by atoms with Gasteiger partial charge in [-0.25, -0.2) is 0 Å². The maximum atomic E-state index is 11.0. The van der Waals surface area contributed by atoms with Crippen LogP contribution >= 0.6 is 11.3 Å². The molecule has 0 fully saturated rings. The largest absolute Gasteiger partial charge is 0.384 e. The zero-order valence-corrected chi connectivity index (χ0v) is 8.52. The van der Waals surface area contributed by atoms with E-state index < -0.39 is 6.10 Å². The molecular weight excluding hydrogens is 186 g/mol. The van der Waals surface area contributed by atoms with E-state index in [9.17, 15) is 4.79 Å². The molecule has 0 aromatic carbocycles. The van der Waals surface area contributed by atoms with Gasteiger partial charge >= 0.3 is 0 Å². The smallest absolute Gasteiger partial charge is 0.248 e. The minimum Gasteiger partial charge on any atom is -0.384 e. The molecule has 1 aromatic heterocycles. The van der Waals surface area contributed by atoms with E-state index in [1.807, 2.05) is 19.1 Å². The van der Waals surface area contributed by atoms with Gasteiger partial charge in [0, 0.05) is 9.75 Å². The summed E-state index contributed by atoms with van der Waals surface area (Å²) >= 11 is 1.65. The molecule has 0 radical (unpaired) electrons. The van der Waals surface area contributed by atoms with Crippen molar-refractivity contribution in [3.63, 3.8) is 0 Å². The van der Waals surface area contributed by atoms with Crippen molar-refractivity contribution in [2.45, 2.75) is 26.5 Å². The van der Waals surface area contributed by atoms with Crippen LogP contribution in [0.15, 0.2) is 12.1 Å². The Morgan fingerprint density at radius 3 is 2.85 bits per heavy atom. The second-order valence-corrected chi connectivity index (χ2v) is 4.28. The highest BCUT2D eigenvalue weighted by Crippen LogP contribution is 2.14. The van der Waals surface area contributed by atoms with Crippen LogP contribution in [0.3, 0.4) is 0 Å². The number of rotatable bonds is 3. The lowest BCUT2D eigenvalue weighted by Crippen LogP contribution is -2.31. The summed E-state index contributed by atoms with van der Waals surface area (Å²) in [6.07, 6.45) is -0.930. The molecular formula is C9H13NO2S. The van der Waals surface area contributed by atoms with Crippen molar-refractivity contribution in [3.05, 3.63) is 21.9 Å². The first kappa shape index (κ1) is 10.2. The number of aliphatic hydroxyl groups is 1. The van der Waals surface area contributed by atoms with E-state index in [-0.39, 0.29) is 5.91 Å². The summed E-state index contributed by atoms with van der Waals surface area (Å²) in [5.74, 6) is -0.328. The minimum absolute atomic E-state index is 0.328. The third kappa shape index (κ3) is 3.16. The van der Waals surface area contributed by atoms with Gasteiger partial charge in [0.2, 0.25) is 5.91 Å². The molecule has 1 rings (SSSR count). The molecule has 0 saturated carbocycles. The van der Waals surface area contributed by atoms with Crippen LogP contribution in [-0.2, 0) is 11.3 Å². The van der Waals surface area contributed by atoms with Crippen LogP contribution in [0.5, 0.6) is 0 Å². The van der Waals surface area contributed by atoms with E-state index in [0.29, 0.717) is 6.54 Å². The van der Waals surface area contributed by atoms with Crippen LogP contribution in [0.25, 0.3) is 0 Å². The maximum Gasteiger partial charge on any atom is 0.248 e. The van der Waals surface area contributed by atoms with Gasteiger partial charge in [0.15, 0.2) is 0 Å². The number of carbonyl (C=O) groups is 1. The zero-order chi connectivity index (χ0) is 9.84. The highest BCUT2D eigenvalue weighted by molar-refractivity contribution is 7.11. The van der Waals surface area contributed by atoms with Gasteiger partial charge in [-0.05, 0) is 26.0 Å². The zero-order valence-electron chi connectivity index (χ0n) is 7.70. The highest BCUT2D eigenvalue weighted by Gasteiger charge is 2.07. The van der Waals surface area contributed by atoms with Crippen LogP contribution in [-0.4, -0.2) is 17.1 Å². The summed E-state index contributed by atoms with van der Waals surface area (Å²) in [5, 5.41) is 11.5. The molecule has 1 heterocycles. The Labute approximate surface area is 81.4 Å². The topological polar surface area (TPSA) is 49.3 Å². The van der Waals surface area contributed by atoms with Crippen molar-refractivity contribution in [1.82, 2.24) is 5.32 Å². The van der Waals surface area contributed by atoms with Crippen molar-refractivity contribution in [1.29, 1.82) is 0 Å². The van der Waals surface area contributed by atoms with Gasteiger partial charge in [-0.1, -0.05) is 0 Å². The minimum atomic E-state index is -0.930. The van der Waals surface area contributed by atoms with E-state index in [1.54, 1.807) is 11.3 Å². The lowest BCUT2D eigenvalue weighted by Gasteiger charge is -2.04. The van der Waals surface area contributed by atoms with Crippen LogP contribution in [0.2, 0.25) is 0 Å². The lowest BCUT2D eigenvalue weighted by molar-refractivity contribution is -0.128. The van der Waals surface area contributed by atoms with Gasteiger partial charge in [0.25, 0.3) is 0 Å². The summed E-state index contributed by atoms with van der Waals surface area (Å²) in [4.78, 5) is 13.3. The van der Waals surface area contributed by atoms with Gasteiger partial charge in [-0.3, -0.25) is 4.79 Å². The Bertz CT molecular complexity index is 294. The molecule has 0 unspecified atom stereocenters. The Balaban J connectivity index is 2.39. The Kier molecular flexibility index (Phi) is 3.45. The number of nitrogens with one attached hydrogen (secondary N) is 1. The van der Waals surface area contributed by atoms with E-state index in [2.05, 4.69) is 5.32 Å². The molecule has 3 nitrogen and oxygen atoms in total. The standard InChI is InChI=1S/C9H13NO2S/c1-6-3-4-8(13-6)5-10-9(12)7(2)11/h3-4,7,11H,5H2,1-2H3,(H,10,12)/t7-/m1/s1. The molecule has 0 bridgehead atoms. The van der Waals surface area contributed by atoms with Crippen LogP contribution < -0.4 is 5.32 Å². The van der Waals surface area contributed by atoms with Gasteiger partial charge in [0.1, 0.15) is 6.10 Å². The summed E-state index contributed by atoms with van der Waals surface area (Å²) in [6.45, 7) is 3.97. The number of hydrogen-bond donors (Lipinski definition) is 2. The molecule has 2 N–H and O–H groups in total. The third-order valence-corrected chi connectivity index (χ3v) is 2.61. The van der Waals surface area contributed by atoms with Crippen molar-refractivity contribution < 1.29 is 9.90 Å². The monoisotopic (exact) mass is 199 g/mol. The Hall–Kier alpha value is -0.870. The molecule has 0 spiro atoms. The fourth-order valence-electron chi connectivity index (χ4n) is 0.902. The molecule has 0 aliphatic carbocycles. The van der Waals surface area contributed by atoms with Crippen molar-refractivity contribution in [2.75, 3.05) is 0 Å². The van der Waals surface area contributed by atoms with E-state index >= 15 is 0 Å². The first-order valence-corrected chi connectivity index (χ1v) is 4.92. The molecule has 1 amide bonds. The molecule has 72 valence electrons. The fraction of sp³-hybridized carbons (Fsp3) is 0.444. The lowest BCUT2D eigenvalue weighted by atomic mass is 10.3. The number of thiophene rings is 1. The van der Waals surface area contributed by atoms with Gasteiger partial charge in [-0.15, -0.1) is 11.3 Å². The average Bonchev–Trinajstić information content (AvgIpc) is 2.47. The summed E-state index contributed by atoms with van der Waals surface area (Å²) in [5.41, 5.74) is 0. The number of aryl methyl sites for hydroxylation is 1. The van der Waals surface area contributed by atoms with Crippen molar-refractivity contribution in [2.24, 2.45) is 0 Å². The molecule has 13 heavy (non-hydrogen) atoms. The second kappa shape index (κ2) is 4.39. The molecule has 4 heteroatoms.